The molecule has 0 bridgehead atoms. The van der Waals surface area contributed by atoms with Gasteiger partial charge in [-0.05, 0) is 44.5 Å². The van der Waals surface area contributed by atoms with Gasteiger partial charge in [0.15, 0.2) is 0 Å². The summed E-state index contributed by atoms with van der Waals surface area (Å²) in [4.78, 5) is 5.42. The summed E-state index contributed by atoms with van der Waals surface area (Å²) in [5, 5.41) is 1.06. The van der Waals surface area contributed by atoms with E-state index in [9.17, 15) is 0 Å². The number of halogens is 1. The third kappa shape index (κ3) is 3.44. The van der Waals surface area contributed by atoms with Crippen LogP contribution >= 0.6 is 15.9 Å². The minimum atomic E-state index is 0.615. The fourth-order valence-electron chi connectivity index (χ4n) is 3.73. The molecule has 2 aliphatic rings. The number of rotatable bonds is 4. The van der Waals surface area contributed by atoms with Crippen molar-refractivity contribution in [2.75, 3.05) is 38.1 Å². The van der Waals surface area contributed by atoms with Crippen molar-refractivity contribution in [2.45, 2.75) is 31.2 Å². The highest BCUT2D eigenvalue weighted by molar-refractivity contribution is 9.09. The highest BCUT2D eigenvalue weighted by Gasteiger charge is 2.29. The van der Waals surface area contributed by atoms with Gasteiger partial charge in [-0.25, -0.2) is 0 Å². The van der Waals surface area contributed by atoms with E-state index >= 15 is 0 Å². The molecule has 2 saturated heterocycles. The van der Waals surface area contributed by atoms with Gasteiger partial charge in [0.2, 0.25) is 0 Å². The summed E-state index contributed by atoms with van der Waals surface area (Å²) in [6.45, 7) is 6.38. The Morgan fingerprint density at radius 3 is 2.70 bits per heavy atom. The summed E-state index contributed by atoms with van der Waals surface area (Å²) in [5.74, 6) is 0.615. The lowest BCUT2D eigenvalue weighted by molar-refractivity contribution is 0.215. The number of hydrogen-bond acceptors (Lipinski definition) is 2. The number of benzene rings is 1. The molecule has 3 rings (SSSR count). The zero-order chi connectivity index (χ0) is 13.8. The van der Waals surface area contributed by atoms with Crippen LogP contribution in [0.4, 0.5) is 0 Å². The third-order valence-electron chi connectivity index (χ3n) is 4.82. The van der Waals surface area contributed by atoms with Crippen molar-refractivity contribution in [3.8, 4) is 0 Å². The van der Waals surface area contributed by atoms with Crippen molar-refractivity contribution in [2.24, 2.45) is 0 Å². The molecule has 0 spiro atoms. The van der Waals surface area contributed by atoms with Crippen LogP contribution in [0.25, 0.3) is 0 Å². The van der Waals surface area contributed by atoms with Crippen molar-refractivity contribution in [3.05, 3.63) is 35.9 Å². The molecule has 1 aromatic rings. The SMILES string of the molecule is BrCC(CN1CCCN2CCCC2C1)c1ccccc1. The first-order chi connectivity index (χ1) is 9.86. The van der Waals surface area contributed by atoms with Crippen molar-refractivity contribution in [3.63, 3.8) is 0 Å². The van der Waals surface area contributed by atoms with Gasteiger partial charge in [0.05, 0.1) is 0 Å². The molecule has 2 aliphatic heterocycles. The fraction of sp³-hybridized carbons (Fsp3) is 0.647. The molecule has 0 aromatic heterocycles. The number of fused-ring (bicyclic) bond motifs is 1. The fourth-order valence-corrected chi connectivity index (χ4v) is 4.31. The minimum absolute atomic E-state index is 0.615. The molecule has 2 unspecified atom stereocenters. The van der Waals surface area contributed by atoms with E-state index in [4.69, 9.17) is 0 Å². The van der Waals surface area contributed by atoms with Crippen LogP contribution in [-0.2, 0) is 0 Å². The van der Waals surface area contributed by atoms with E-state index in [2.05, 4.69) is 56.1 Å². The molecular weight excluding hydrogens is 312 g/mol. The average molecular weight is 337 g/mol. The Labute approximate surface area is 131 Å². The predicted octanol–water partition coefficient (Wildman–Crippen LogP) is 3.34. The van der Waals surface area contributed by atoms with Crippen molar-refractivity contribution in [1.82, 2.24) is 9.80 Å². The Kier molecular flexibility index (Phi) is 5.14. The number of hydrogen-bond donors (Lipinski definition) is 0. The van der Waals surface area contributed by atoms with Crippen LogP contribution in [0, 0.1) is 0 Å². The highest BCUT2D eigenvalue weighted by atomic mass is 79.9. The lowest BCUT2D eigenvalue weighted by Crippen LogP contribution is -2.38. The Morgan fingerprint density at radius 1 is 1.10 bits per heavy atom. The maximum Gasteiger partial charge on any atom is 0.0223 e. The van der Waals surface area contributed by atoms with Gasteiger partial charge in [-0.1, -0.05) is 46.3 Å². The van der Waals surface area contributed by atoms with Crippen LogP contribution in [-0.4, -0.2) is 53.9 Å². The normalized spacial score (nSPS) is 26.1. The molecule has 110 valence electrons. The van der Waals surface area contributed by atoms with Crippen molar-refractivity contribution >= 4 is 15.9 Å². The van der Waals surface area contributed by atoms with E-state index in [0.29, 0.717) is 5.92 Å². The van der Waals surface area contributed by atoms with Gasteiger partial charge < -0.3 is 4.90 Å². The lowest BCUT2D eigenvalue weighted by Gasteiger charge is -2.28. The van der Waals surface area contributed by atoms with Crippen LogP contribution < -0.4 is 0 Å². The second kappa shape index (κ2) is 7.06. The van der Waals surface area contributed by atoms with Crippen LogP contribution in [0.1, 0.15) is 30.7 Å². The molecule has 1 aromatic carbocycles. The van der Waals surface area contributed by atoms with Gasteiger partial charge in [-0.15, -0.1) is 0 Å². The third-order valence-corrected chi connectivity index (χ3v) is 5.61. The second-order valence-corrected chi connectivity index (χ2v) is 6.85. The first-order valence-electron chi connectivity index (χ1n) is 7.94. The Hall–Kier alpha value is -0.380. The summed E-state index contributed by atoms with van der Waals surface area (Å²) in [6, 6.07) is 11.8. The molecule has 0 aliphatic carbocycles. The molecule has 2 atom stereocenters. The van der Waals surface area contributed by atoms with Gasteiger partial charge in [0, 0.05) is 30.4 Å². The summed E-state index contributed by atoms with van der Waals surface area (Å²) < 4.78 is 0. The molecule has 0 N–H and O–H groups in total. The maximum atomic E-state index is 3.72. The van der Waals surface area contributed by atoms with Crippen LogP contribution in [0.3, 0.4) is 0 Å². The lowest BCUT2D eigenvalue weighted by atomic mass is 10.0. The quantitative estimate of drug-likeness (QED) is 0.778. The van der Waals surface area contributed by atoms with E-state index in [1.807, 2.05) is 0 Å². The number of alkyl halides is 1. The summed E-state index contributed by atoms with van der Waals surface area (Å²) in [5.41, 5.74) is 1.47. The Bertz CT molecular complexity index is 409. The largest absolute Gasteiger partial charge is 0.301 e. The van der Waals surface area contributed by atoms with E-state index in [-0.39, 0.29) is 0 Å². The van der Waals surface area contributed by atoms with Gasteiger partial charge in [0.25, 0.3) is 0 Å². The Morgan fingerprint density at radius 2 is 1.90 bits per heavy atom. The molecule has 0 saturated carbocycles. The van der Waals surface area contributed by atoms with Gasteiger partial charge in [-0.3, -0.25) is 4.90 Å². The Balaban J connectivity index is 1.63. The predicted molar refractivity (Wildman–Crippen MR) is 88.6 cm³/mol. The maximum absolute atomic E-state index is 3.72. The molecule has 0 amide bonds. The molecular formula is C17H25BrN2. The summed E-state index contributed by atoms with van der Waals surface area (Å²) >= 11 is 3.72. The van der Waals surface area contributed by atoms with Crippen molar-refractivity contribution < 1.29 is 0 Å². The summed E-state index contributed by atoms with van der Waals surface area (Å²) in [7, 11) is 0. The summed E-state index contributed by atoms with van der Waals surface area (Å²) in [6.07, 6.45) is 4.14. The molecule has 3 heteroatoms. The number of nitrogens with zero attached hydrogens (tertiary/aromatic N) is 2. The van der Waals surface area contributed by atoms with E-state index < -0.39 is 0 Å². The van der Waals surface area contributed by atoms with Gasteiger partial charge >= 0.3 is 0 Å². The van der Waals surface area contributed by atoms with Crippen LogP contribution in [0.5, 0.6) is 0 Å². The van der Waals surface area contributed by atoms with E-state index in [1.165, 1.54) is 57.5 Å². The first kappa shape index (κ1) is 14.6. The molecule has 2 nitrogen and oxygen atoms in total. The average Bonchev–Trinajstić information content (AvgIpc) is 2.84. The highest BCUT2D eigenvalue weighted by Crippen LogP contribution is 2.24. The minimum Gasteiger partial charge on any atom is -0.301 e. The van der Waals surface area contributed by atoms with E-state index in [1.54, 1.807) is 0 Å². The van der Waals surface area contributed by atoms with Gasteiger partial charge in [0.1, 0.15) is 0 Å². The molecule has 2 heterocycles. The monoisotopic (exact) mass is 336 g/mol. The second-order valence-electron chi connectivity index (χ2n) is 6.21. The van der Waals surface area contributed by atoms with Crippen LogP contribution in [0.15, 0.2) is 30.3 Å². The smallest absolute Gasteiger partial charge is 0.0223 e. The first-order valence-corrected chi connectivity index (χ1v) is 9.06. The molecule has 20 heavy (non-hydrogen) atoms. The van der Waals surface area contributed by atoms with Gasteiger partial charge in [-0.2, -0.15) is 0 Å². The van der Waals surface area contributed by atoms with Crippen molar-refractivity contribution in [1.29, 1.82) is 0 Å². The zero-order valence-electron chi connectivity index (χ0n) is 12.2. The molecule has 0 radical (unpaired) electrons. The van der Waals surface area contributed by atoms with Crippen LogP contribution in [0.2, 0.25) is 0 Å². The topological polar surface area (TPSA) is 6.48 Å². The van der Waals surface area contributed by atoms with E-state index in [0.717, 1.165) is 11.4 Å². The molecule has 2 fully saturated rings. The zero-order valence-corrected chi connectivity index (χ0v) is 13.8. The standard InChI is InChI=1S/C17H25BrN2/c18-12-16(15-6-2-1-3-7-15)13-19-9-5-11-20-10-4-8-17(20)14-19/h1-3,6-7,16-17H,4-5,8-14H2.